The van der Waals surface area contributed by atoms with Crippen LogP contribution in [0.15, 0.2) is 11.6 Å². The summed E-state index contributed by atoms with van der Waals surface area (Å²) in [5.74, 6) is -0.824. The number of piperazine rings is 1. The molecule has 0 atom stereocenters. The van der Waals surface area contributed by atoms with E-state index in [4.69, 9.17) is 5.11 Å². The minimum atomic E-state index is -0.824. The van der Waals surface area contributed by atoms with Crippen molar-refractivity contribution < 1.29 is 9.90 Å². The lowest BCUT2D eigenvalue weighted by Gasteiger charge is -2.25. The van der Waals surface area contributed by atoms with Gasteiger partial charge in [-0.15, -0.1) is 0 Å². The van der Waals surface area contributed by atoms with Crippen LogP contribution in [0.25, 0.3) is 0 Å². The third-order valence-electron chi connectivity index (χ3n) is 2.20. The number of hydrogen-bond donors (Lipinski definition) is 2. The fourth-order valence-electron chi connectivity index (χ4n) is 1.25. The Balaban J connectivity index is 2.31. The number of carboxylic acid groups (broad SMARTS) is 1. The largest absolute Gasteiger partial charge is 0.478 e. The third kappa shape index (κ3) is 3.57. The number of hydrogen-bond acceptors (Lipinski definition) is 3. The smallest absolute Gasteiger partial charge is 0.330 e. The molecular weight excluding hydrogens is 168 g/mol. The molecule has 0 aromatic rings. The van der Waals surface area contributed by atoms with E-state index >= 15 is 0 Å². The first kappa shape index (κ1) is 10.2. The van der Waals surface area contributed by atoms with E-state index in [1.165, 1.54) is 0 Å². The van der Waals surface area contributed by atoms with Crippen molar-refractivity contribution in [1.29, 1.82) is 0 Å². The molecular formula is C9H16N2O2. The maximum Gasteiger partial charge on any atom is 0.330 e. The van der Waals surface area contributed by atoms with Crippen LogP contribution in [0.3, 0.4) is 0 Å². The molecule has 1 aliphatic rings. The molecule has 1 saturated heterocycles. The SMILES string of the molecule is CC(=CCN1CCNCC1)C(=O)O. The van der Waals surface area contributed by atoms with Crippen LogP contribution < -0.4 is 5.32 Å². The van der Waals surface area contributed by atoms with Crippen LogP contribution in [0.1, 0.15) is 6.92 Å². The second-order valence-corrected chi connectivity index (χ2v) is 3.24. The highest BCUT2D eigenvalue weighted by Crippen LogP contribution is 1.96. The van der Waals surface area contributed by atoms with Crippen molar-refractivity contribution in [1.82, 2.24) is 10.2 Å². The zero-order chi connectivity index (χ0) is 9.68. The summed E-state index contributed by atoms with van der Waals surface area (Å²) < 4.78 is 0. The van der Waals surface area contributed by atoms with Crippen molar-refractivity contribution in [3.05, 3.63) is 11.6 Å². The predicted molar refractivity (Wildman–Crippen MR) is 50.7 cm³/mol. The van der Waals surface area contributed by atoms with E-state index in [9.17, 15) is 4.79 Å². The highest BCUT2D eigenvalue weighted by atomic mass is 16.4. The molecule has 0 aromatic heterocycles. The van der Waals surface area contributed by atoms with Gasteiger partial charge in [-0.05, 0) is 6.92 Å². The molecule has 2 N–H and O–H groups in total. The second-order valence-electron chi connectivity index (χ2n) is 3.24. The summed E-state index contributed by atoms with van der Waals surface area (Å²) in [4.78, 5) is 12.7. The van der Waals surface area contributed by atoms with E-state index in [1.807, 2.05) is 0 Å². The van der Waals surface area contributed by atoms with Crippen molar-refractivity contribution in [2.75, 3.05) is 32.7 Å². The zero-order valence-corrected chi connectivity index (χ0v) is 7.92. The number of carboxylic acids is 1. The molecule has 0 aliphatic carbocycles. The van der Waals surface area contributed by atoms with E-state index in [0.717, 1.165) is 32.7 Å². The van der Waals surface area contributed by atoms with Crippen molar-refractivity contribution in [2.45, 2.75) is 6.92 Å². The first-order valence-electron chi connectivity index (χ1n) is 4.53. The summed E-state index contributed by atoms with van der Waals surface area (Å²) in [6.45, 7) is 6.39. The fourth-order valence-corrected chi connectivity index (χ4v) is 1.25. The van der Waals surface area contributed by atoms with Gasteiger partial charge in [0.25, 0.3) is 0 Å². The number of rotatable bonds is 3. The summed E-state index contributed by atoms with van der Waals surface area (Å²) >= 11 is 0. The molecule has 0 unspecified atom stereocenters. The van der Waals surface area contributed by atoms with Gasteiger partial charge >= 0.3 is 5.97 Å². The lowest BCUT2D eigenvalue weighted by atomic mass is 10.2. The number of aliphatic carboxylic acids is 1. The summed E-state index contributed by atoms with van der Waals surface area (Å²) in [5, 5.41) is 11.9. The average Bonchev–Trinajstić information content (AvgIpc) is 2.15. The van der Waals surface area contributed by atoms with Gasteiger partial charge in [-0.2, -0.15) is 0 Å². The van der Waals surface area contributed by atoms with Crippen molar-refractivity contribution in [3.63, 3.8) is 0 Å². The molecule has 0 radical (unpaired) electrons. The lowest BCUT2D eigenvalue weighted by Crippen LogP contribution is -2.43. The molecule has 1 aliphatic heterocycles. The highest BCUT2D eigenvalue weighted by Gasteiger charge is 2.08. The maximum absolute atomic E-state index is 10.5. The first-order chi connectivity index (χ1) is 6.20. The average molecular weight is 184 g/mol. The minimum Gasteiger partial charge on any atom is -0.478 e. The van der Waals surface area contributed by atoms with Gasteiger partial charge in [0.2, 0.25) is 0 Å². The maximum atomic E-state index is 10.5. The quantitative estimate of drug-likeness (QED) is 0.602. The topological polar surface area (TPSA) is 52.6 Å². The second kappa shape index (κ2) is 4.99. The van der Waals surface area contributed by atoms with E-state index < -0.39 is 5.97 Å². The molecule has 4 nitrogen and oxygen atoms in total. The molecule has 13 heavy (non-hydrogen) atoms. The van der Waals surface area contributed by atoms with Crippen molar-refractivity contribution >= 4 is 5.97 Å². The number of nitrogens with zero attached hydrogens (tertiary/aromatic N) is 1. The Morgan fingerprint density at radius 2 is 2.15 bits per heavy atom. The van der Waals surface area contributed by atoms with E-state index in [-0.39, 0.29) is 0 Å². The zero-order valence-electron chi connectivity index (χ0n) is 7.92. The molecule has 0 aromatic carbocycles. The van der Waals surface area contributed by atoms with Gasteiger partial charge in [-0.25, -0.2) is 4.79 Å². The van der Waals surface area contributed by atoms with Gasteiger partial charge < -0.3 is 10.4 Å². The summed E-state index contributed by atoms with van der Waals surface area (Å²) in [6.07, 6.45) is 1.77. The van der Waals surface area contributed by atoms with Crippen molar-refractivity contribution in [2.24, 2.45) is 0 Å². The Bertz CT molecular complexity index is 208. The van der Waals surface area contributed by atoms with Gasteiger partial charge in [-0.1, -0.05) is 6.08 Å². The van der Waals surface area contributed by atoms with Gasteiger partial charge in [0, 0.05) is 38.3 Å². The molecule has 74 valence electrons. The Morgan fingerprint density at radius 1 is 1.54 bits per heavy atom. The number of carbonyl (C=O) groups is 1. The van der Waals surface area contributed by atoms with Gasteiger partial charge in [0.15, 0.2) is 0 Å². The summed E-state index contributed by atoms with van der Waals surface area (Å²) in [7, 11) is 0. The van der Waals surface area contributed by atoms with Crippen LogP contribution in [0.5, 0.6) is 0 Å². The Hall–Kier alpha value is -0.870. The normalized spacial score (nSPS) is 20.2. The van der Waals surface area contributed by atoms with Crippen molar-refractivity contribution in [3.8, 4) is 0 Å². The van der Waals surface area contributed by atoms with Crippen LogP contribution in [0.4, 0.5) is 0 Å². The molecule has 0 amide bonds. The Morgan fingerprint density at radius 3 is 2.69 bits per heavy atom. The van der Waals surface area contributed by atoms with Crippen LogP contribution in [-0.2, 0) is 4.79 Å². The van der Waals surface area contributed by atoms with Gasteiger partial charge in [0.1, 0.15) is 0 Å². The van der Waals surface area contributed by atoms with Crippen LogP contribution in [0, 0.1) is 0 Å². The number of nitrogens with one attached hydrogen (secondary N) is 1. The van der Waals surface area contributed by atoms with Gasteiger partial charge in [-0.3, -0.25) is 4.90 Å². The molecule has 0 saturated carbocycles. The Labute approximate surface area is 78.2 Å². The standard InChI is InChI=1S/C9H16N2O2/c1-8(9(12)13)2-5-11-6-3-10-4-7-11/h2,10H,3-7H2,1H3,(H,12,13). The van der Waals surface area contributed by atoms with E-state index in [2.05, 4.69) is 10.2 Å². The fraction of sp³-hybridized carbons (Fsp3) is 0.667. The highest BCUT2D eigenvalue weighted by molar-refractivity contribution is 5.85. The van der Waals surface area contributed by atoms with E-state index in [1.54, 1.807) is 13.0 Å². The predicted octanol–water partition coefficient (Wildman–Crippen LogP) is -0.0775. The van der Waals surface area contributed by atoms with E-state index in [0.29, 0.717) is 5.57 Å². The third-order valence-corrected chi connectivity index (χ3v) is 2.20. The first-order valence-corrected chi connectivity index (χ1v) is 4.53. The monoisotopic (exact) mass is 184 g/mol. The van der Waals surface area contributed by atoms with Crippen LogP contribution in [-0.4, -0.2) is 48.7 Å². The molecule has 4 heteroatoms. The van der Waals surface area contributed by atoms with Gasteiger partial charge in [0.05, 0.1) is 0 Å². The van der Waals surface area contributed by atoms with Crippen LogP contribution >= 0.6 is 0 Å². The minimum absolute atomic E-state index is 0.429. The molecule has 1 fully saturated rings. The lowest BCUT2D eigenvalue weighted by molar-refractivity contribution is -0.132. The van der Waals surface area contributed by atoms with Crippen LogP contribution in [0.2, 0.25) is 0 Å². The molecule has 1 rings (SSSR count). The Kier molecular flexibility index (Phi) is 3.92. The molecule has 0 spiro atoms. The summed E-state index contributed by atoms with van der Waals surface area (Å²) in [6, 6.07) is 0. The molecule has 0 bridgehead atoms. The molecule has 1 heterocycles. The summed E-state index contributed by atoms with van der Waals surface area (Å²) in [5.41, 5.74) is 0.429.